The van der Waals surface area contributed by atoms with Crippen molar-refractivity contribution in [2.45, 2.75) is 64.9 Å². The predicted octanol–water partition coefficient (Wildman–Crippen LogP) is 2.68. The second-order valence-electron chi connectivity index (χ2n) is 8.41. The average molecular weight is 338 g/mol. The fourth-order valence-electron chi connectivity index (χ4n) is 2.94. The van der Waals surface area contributed by atoms with E-state index in [1.54, 1.807) is 4.90 Å². The van der Waals surface area contributed by atoms with Crippen LogP contribution in [-0.2, 0) is 14.0 Å². The molecule has 1 unspecified atom stereocenters. The lowest BCUT2D eigenvalue weighted by Crippen LogP contribution is -2.55. The molecule has 2 rings (SSSR count). The maximum Gasteiger partial charge on any atom is 0.491 e. The van der Waals surface area contributed by atoms with Gasteiger partial charge >= 0.3 is 13.2 Å². The first-order chi connectivity index (χ1) is 10.9. The molecule has 2 aliphatic rings. The Morgan fingerprint density at radius 1 is 1.29 bits per heavy atom. The molecule has 0 bridgehead atoms. The number of likely N-dealkylation sites (N-methyl/N-ethyl adjacent to an activating group) is 1. The van der Waals surface area contributed by atoms with Crippen molar-refractivity contribution in [3.8, 4) is 0 Å². The topological polar surface area (TPSA) is 51.2 Å². The van der Waals surface area contributed by atoms with Gasteiger partial charge < -0.3 is 18.9 Å². The molecule has 1 amide bonds. The Morgan fingerprint density at radius 2 is 1.92 bits per heavy atom. The number of hydrogen-bond acceptors (Lipinski definition) is 5. The van der Waals surface area contributed by atoms with Crippen LogP contribution in [0.1, 0.15) is 48.0 Å². The van der Waals surface area contributed by atoms with Crippen LogP contribution in [0.4, 0.5) is 4.79 Å². The molecule has 1 fully saturated rings. The maximum absolute atomic E-state index is 12.1. The van der Waals surface area contributed by atoms with E-state index in [0.717, 1.165) is 11.9 Å². The average Bonchev–Trinajstić information content (AvgIpc) is 2.69. The van der Waals surface area contributed by atoms with E-state index in [0.29, 0.717) is 13.1 Å². The number of ether oxygens (including phenoxy) is 1. The Bertz CT molecular complexity index is 527. The highest BCUT2D eigenvalue weighted by Crippen LogP contribution is 2.41. The molecule has 1 atom stereocenters. The van der Waals surface area contributed by atoms with Crippen LogP contribution in [0.25, 0.3) is 0 Å². The van der Waals surface area contributed by atoms with Gasteiger partial charge in [-0.25, -0.2) is 4.79 Å². The van der Waals surface area contributed by atoms with E-state index in [1.807, 2.05) is 66.6 Å². The predicted molar refractivity (Wildman–Crippen MR) is 94.6 cm³/mol. The monoisotopic (exact) mass is 338 g/mol. The van der Waals surface area contributed by atoms with Crippen LogP contribution in [0.5, 0.6) is 0 Å². The molecule has 6 nitrogen and oxygen atoms in total. The molecule has 0 aromatic rings. The van der Waals surface area contributed by atoms with Crippen molar-refractivity contribution in [2.75, 3.05) is 27.2 Å². The van der Waals surface area contributed by atoms with Gasteiger partial charge in [0, 0.05) is 13.1 Å². The Labute approximate surface area is 146 Å². The molecule has 1 saturated heterocycles. The lowest BCUT2D eigenvalue weighted by molar-refractivity contribution is -0.107. The molecular weight excluding hydrogens is 307 g/mol. The summed E-state index contributed by atoms with van der Waals surface area (Å²) in [7, 11) is 3.62. The largest absolute Gasteiger partial charge is 0.491 e. The van der Waals surface area contributed by atoms with Crippen molar-refractivity contribution in [1.82, 2.24) is 9.80 Å². The van der Waals surface area contributed by atoms with Gasteiger partial charge in [-0.15, -0.1) is 0 Å². The molecular formula is C17H31BN2O4. The van der Waals surface area contributed by atoms with Crippen molar-refractivity contribution < 1.29 is 18.8 Å². The van der Waals surface area contributed by atoms with Gasteiger partial charge in [-0.05, 0) is 67.5 Å². The van der Waals surface area contributed by atoms with Crippen LogP contribution < -0.4 is 0 Å². The Kier molecular flexibility index (Phi) is 5.10. The molecule has 136 valence electrons. The molecule has 7 heteroatoms. The summed E-state index contributed by atoms with van der Waals surface area (Å²) in [6.45, 7) is 12.9. The van der Waals surface area contributed by atoms with Crippen molar-refractivity contribution in [3.63, 3.8) is 0 Å². The van der Waals surface area contributed by atoms with Crippen LogP contribution in [0, 0.1) is 0 Å². The second-order valence-corrected chi connectivity index (χ2v) is 8.41. The zero-order valence-electron chi connectivity index (χ0n) is 16.3. The number of carbonyl (C=O) groups is 1. The zero-order valence-corrected chi connectivity index (χ0v) is 16.3. The molecule has 0 radical (unpaired) electrons. The SMILES string of the molecule is CN(C)C1(C)OB(C2=CCN(C(=O)OC(C)(C)C)CC2)OC1(C)C. The number of nitrogens with zero attached hydrogens (tertiary/aromatic N) is 2. The first-order valence-corrected chi connectivity index (χ1v) is 8.56. The molecule has 0 saturated carbocycles. The number of amides is 1. The highest BCUT2D eigenvalue weighted by atomic mass is 16.7. The van der Waals surface area contributed by atoms with Gasteiger partial charge in [0.15, 0.2) is 0 Å². The Balaban J connectivity index is 2.03. The van der Waals surface area contributed by atoms with Gasteiger partial charge in [0.1, 0.15) is 11.3 Å². The summed E-state index contributed by atoms with van der Waals surface area (Å²) in [4.78, 5) is 15.9. The first kappa shape index (κ1) is 19.3. The molecule has 0 aromatic carbocycles. The lowest BCUT2D eigenvalue weighted by Gasteiger charge is -2.41. The van der Waals surface area contributed by atoms with Crippen LogP contribution in [-0.4, -0.2) is 67.1 Å². The Hall–Kier alpha value is -1.05. The van der Waals surface area contributed by atoms with Crippen molar-refractivity contribution in [3.05, 3.63) is 11.5 Å². The smallest absolute Gasteiger partial charge is 0.444 e. The van der Waals surface area contributed by atoms with E-state index in [4.69, 9.17) is 14.0 Å². The van der Waals surface area contributed by atoms with E-state index in [2.05, 4.69) is 0 Å². The van der Waals surface area contributed by atoms with Gasteiger partial charge in [-0.1, -0.05) is 6.08 Å². The summed E-state index contributed by atoms with van der Waals surface area (Å²) in [5, 5.41) is 0. The van der Waals surface area contributed by atoms with Gasteiger partial charge in [0.25, 0.3) is 0 Å². The third kappa shape index (κ3) is 3.78. The summed E-state index contributed by atoms with van der Waals surface area (Å²) in [6, 6.07) is 0. The summed E-state index contributed by atoms with van der Waals surface area (Å²) in [6.07, 6.45) is 2.48. The lowest BCUT2D eigenvalue weighted by atomic mass is 9.75. The van der Waals surface area contributed by atoms with Gasteiger partial charge in [0.05, 0.1) is 5.60 Å². The van der Waals surface area contributed by atoms with Gasteiger partial charge in [-0.3, -0.25) is 4.90 Å². The van der Waals surface area contributed by atoms with E-state index in [9.17, 15) is 4.79 Å². The molecule has 24 heavy (non-hydrogen) atoms. The third-order valence-corrected chi connectivity index (χ3v) is 4.91. The number of carbonyl (C=O) groups excluding carboxylic acids is 1. The van der Waals surface area contributed by atoms with E-state index >= 15 is 0 Å². The van der Waals surface area contributed by atoms with Crippen molar-refractivity contribution in [1.29, 1.82) is 0 Å². The van der Waals surface area contributed by atoms with Crippen LogP contribution >= 0.6 is 0 Å². The van der Waals surface area contributed by atoms with E-state index in [1.165, 1.54) is 0 Å². The Morgan fingerprint density at radius 3 is 2.33 bits per heavy atom. The van der Waals surface area contributed by atoms with E-state index < -0.39 is 16.9 Å². The zero-order chi connectivity index (χ0) is 18.3. The molecule has 0 spiro atoms. The van der Waals surface area contributed by atoms with Crippen LogP contribution in [0.15, 0.2) is 11.5 Å². The maximum atomic E-state index is 12.1. The van der Waals surface area contributed by atoms with Gasteiger partial charge in [-0.2, -0.15) is 0 Å². The quantitative estimate of drug-likeness (QED) is 0.725. The second kappa shape index (κ2) is 6.35. The molecule has 2 aliphatic heterocycles. The van der Waals surface area contributed by atoms with Gasteiger partial charge in [0.2, 0.25) is 0 Å². The third-order valence-electron chi connectivity index (χ3n) is 4.91. The minimum atomic E-state index is -0.499. The van der Waals surface area contributed by atoms with Crippen molar-refractivity contribution >= 4 is 13.2 Å². The van der Waals surface area contributed by atoms with Crippen LogP contribution in [0.2, 0.25) is 0 Å². The van der Waals surface area contributed by atoms with E-state index in [-0.39, 0.29) is 13.2 Å². The van der Waals surface area contributed by atoms with Crippen molar-refractivity contribution in [2.24, 2.45) is 0 Å². The highest BCUT2D eigenvalue weighted by molar-refractivity contribution is 6.54. The standard InChI is InChI=1S/C17H31BN2O4/c1-15(2,3)22-14(21)20-11-9-13(10-12-20)18-23-16(4,5)17(6,24-18)19(7)8/h9H,10-12H2,1-8H3. The molecule has 0 N–H and O–H groups in total. The summed E-state index contributed by atoms with van der Waals surface area (Å²) in [5.74, 6) is 0. The summed E-state index contributed by atoms with van der Waals surface area (Å²) in [5.41, 5.74) is -0.310. The normalized spacial score (nSPS) is 27.5. The van der Waals surface area contributed by atoms with Crippen LogP contribution in [0.3, 0.4) is 0 Å². The minimum Gasteiger partial charge on any atom is -0.444 e. The fraction of sp³-hybridized carbons (Fsp3) is 0.824. The minimum absolute atomic E-state index is 0.274. The first-order valence-electron chi connectivity index (χ1n) is 8.56. The highest BCUT2D eigenvalue weighted by Gasteiger charge is 2.56. The number of hydrogen-bond donors (Lipinski definition) is 0. The molecule has 2 heterocycles. The summed E-state index contributed by atoms with van der Waals surface area (Å²) < 4.78 is 17.8. The molecule has 0 aromatic heterocycles. The molecule has 0 aliphatic carbocycles. The number of rotatable bonds is 2. The fourth-order valence-corrected chi connectivity index (χ4v) is 2.94. The summed E-state index contributed by atoms with van der Waals surface area (Å²) >= 11 is 0.